The number of halogens is 1. The lowest BCUT2D eigenvalue weighted by atomic mass is 9.89. The van der Waals surface area contributed by atoms with E-state index < -0.39 is 5.91 Å². The summed E-state index contributed by atoms with van der Waals surface area (Å²) in [6.45, 7) is 1.86. The Hall–Kier alpha value is -3.03. The second-order valence-electron chi connectivity index (χ2n) is 7.69. The molecule has 3 N–H and O–H groups in total. The van der Waals surface area contributed by atoms with E-state index in [1.165, 1.54) is 10.9 Å². The van der Waals surface area contributed by atoms with Gasteiger partial charge in [0, 0.05) is 17.1 Å². The Morgan fingerprint density at radius 3 is 2.68 bits per heavy atom. The van der Waals surface area contributed by atoms with Gasteiger partial charge in [0.25, 0.3) is 11.8 Å². The fourth-order valence-electron chi connectivity index (χ4n) is 4.07. The molecule has 7 nitrogen and oxygen atoms in total. The Morgan fingerprint density at radius 2 is 1.94 bits per heavy atom. The number of piperidine rings is 1. The highest BCUT2D eigenvalue weighted by molar-refractivity contribution is 6.33. The van der Waals surface area contributed by atoms with Gasteiger partial charge in [0.15, 0.2) is 0 Å². The van der Waals surface area contributed by atoms with Gasteiger partial charge in [0.05, 0.1) is 24.2 Å². The molecule has 3 aromatic rings. The second kappa shape index (κ2) is 9.41. The molecule has 4 rings (SSSR count). The number of likely N-dealkylation sites (tertiary alicyclic amines) is 1. The Bertz CT molecular complexity index is 1090. The van der Waals surface area contributed by atoms with Crippen molar-refractivity contribution in [3.05, 3.63) is 64.8 Å². The monoisotopic (exact) mass is 440 g/mol. The number of nitrogens with zero attached hydrogens (tertiary/aromatic N) is 1. The molecule has 0 spiro atoms. The van der Waals surface area contributed by atoms with Gasteiger partial charge in [-0.2, -0.15) is 0 Å². The Balaban J connectivity index is 1.28. The number of hydrazine groups is 1. The maximum absolute atomic E-state index is 12.3. The summed E-state index contributed by atoms with van der Waals surface area (Å²) in [4.78, 5) is 29.9. The van der Waals surface area contributed by atoms with E-state index in [4.69, 9.17) is 16.3 Å². The number of carbonyl (C=O) groups excluding carboxylic acids is 2. The van der Waals surface area contributed by atoms with Gasteiger partial charge in [-0.15, -0.1) is 0 Å². The Labute approximate surface area is 185 Å². The predicted octanol–water partition coefficient (Wildman–Crippen LogP) is 3.47. The van der Waals surface area contributed by atoms with Crippen LogP contribution >= 0.6 is 11.6 Å². The van der Waals surface area contributed by atoms with Gasteiger partial charge in [-0.25, -0.2) is 0 Å². The molecule has 1 aliphatic rings. The molecular weight excluding hydrogens is 416 g/mol. The van der Waals surface area contributed by atoms with E-state index in [0.717, 1.165) is 37.2 Å². The molecule has 0 saturated carbocycles. The Morgan fingerprint density at radius 1 is 1.16 bits per heavy atom. The van der Waals surface area contributed by atoms with Gasteiger partial charge in [0.2, 0.25) is 0 Å². The van der Waals surface area contributed by atoms with Crippen molar-refractivity contribution < 1.29 is 14.3 Å². The predicted molar refractivity (Wildman–Crippen MR) is 120 cm³/mol. The summed E-state index contributed by atoms with van der Waals surface area (Å²) in [5.41, 5.74) is 7.62. The van der Waals surface area contributed by atoms with Crippen LogP contribution in [0.1, 0.15) is 34.7 Å². The summed E-state index contributed by atoms with van der Waals surface area (Å²) in [5.74, 6) is 0.587. The van der Waals surface area contributed by atoms with Crippen LogP contribution in [0.5, 0.6) is 5.75 Å². The minimum atomic E-state index is -0.438. The molecule has 1 saturated heterocycles. The average molecular weight is 441 g/mol. The zero-order valence-electron chi connectivity index (χ0n) is 17.3. The number of hydrogen-bond donors (Lipinski definition) is 3. The topological polar surface area (TPSA) is 86.5 Å². The lowest BCUT2D eigenvalue weighted by Crippen LogP contribution is -2.47. The molecule has 0 atom stereocenters. The van der Waals surface area contributed by atoms with E-state index in [9.17, 15) is 9.59 Å². The molecule has 0 unspecified atom stereocenters. The van der Waals surface area contributed by atoms with Crippen LogP contribution in [0.4, 0.5) is 0 Å². The van der Waals surface area contributed by atoms with Crippen molar-refractivity contribution >= 4 is 34.3 Å². The second-order valence-corrected chi connectivity index (χ2v) is 8.10. The van der Waals surface area contributed by atoms with Gasteiger partial charge < -0.3 is 9.72 Å². The van der Waals surface area contributed by atoms with E-state index in [-0.39, 0.29) is 12.5 Å². The van der Waals surface area contributed by atoms with Crippen LogP contribution in [0.3, 0.4) is 0 Å². The number of rotatable bonds is 5. The van der Waals surface area contributed by atoms with Crippen LogP contribution in [0.25, 0.3) is 10.9 Å². The number of carbonyl (C=O) groups is 2. The fourth-order valence-corrected chi connectivity index (χ4v) is 4.29. The first-order valence-electron chi connectivity index (χ1n) is 10.3. The minimum Gasteiger partial charge on any atom is -0.497 e. The van der Waals surface area contributed by atoms with Gasteiger partial charge in [-0.3, -0.25) is 25.3 Å². The van der Waals surface area contributed by atoms with Crippen LogP contribution < -0.4 is 15.6 Å². The highest BCUT2D eigenvalue weighted by Gasteiger charge is 2.24. The molecule has 162 valence electrons. The van der Waals surface area contributed by atoms with Crippen molar-refractivity contribution in [1.29, 1.82) is 0 Å². The van der Waals surface area contributed by atoms with Gasteiger partial charge in [0.1, 0.15) is 5.75 Å². The van der Waals surface area contributed by atoms with E-state index in [2.05, 4.69) is 33.0 Å². The summed E-state index contributed by atoms with van der Waals surface area (Å²) in [6.07, 6.45) is 4.01. The van der Waals surface area contributed by atoms with Crippen LogP contribution in [-0.4, -0.2) is 48.4 Å². The molecule has 0 aliphatic carbocycles. The van der Waals surface area contributed by atoms with Crippen molar-refractivity contribution in [2.24, 2.45) is 0 Å². The molecule has 2 aromatic carbocycles. The highest BCUT2D eigenvalue weighted by atomic mass is 35.5. The Kier molecular flexibility index (Phi) is 6.44. The van der Waals surface area contributed by atoms with E-state index >= 15 is 0 Å². The van der Waals surface area contributed by atoms with Crippen LogP contribution in [0, 0.1) is 0 Å². The van der Waals surface area contributed by atoms with Gasteiger partial charge in [-0.1, -0.05) is 23.7 Å². The average Bonchev–Trinajstić information content (AvgIpc) is 3.21. The molecule has 1 fully saturated rings. The molecule has 31 heavy (non-hydrogen) atoms. The van der Waals surface area contributed by atoms with E-state index in [1.54, 1.807) is 31.4 Å². The van der Waals surface area contributed by atoms with Crippen LogP contribution in [-0.2, 0) is 4.79 Å². The molecule has 2 heterocycles. The highest BCUT2D eigenvalue weighted by Crippen LogP contribution is 2.34. The molecule has 1 aliphatic heterocycles. The zero-order valence-corrected chi connectivity index (χ0v) is 18.0. The molecule has 0 radical (unpaired) electrons. The third kappa shape index (κ3) is 4.84. The first-order valence-corrected chi connectivity index (χ1v) is 10.6. The summed E-state index contributed by atoms with van der Waals surface area (Å²) in [7, 11) is 1.67. The maximum atomic E-state index is 12.3. The largest absolute Gasteiger partial charge is 0.497 e. The van der Waals surface area contributed by atoms with Crippen molar-refractivity contribution in [3.63, 3.8) is 0 Å². The number of aromatic nitrogens is 1. The number of H-pyrrole nitrogens is 1. The summed E-state index contributed by atoms with van der Waals surface area (Å²) in [5, 5.41) is 1.53. The summed E-state index contributed by atoms with van der Waals surface area (Å²) >= 11 is 6.01. The quantitative estimate of drug-likeness (QED) is 0.530. The molecule has 2 amide bonds. The smallest absolute Gasteiger partial charge is 0.271 e. The first kappa shape index (κ1) is 21.2. The SMILES string of the molecule is COc1ccc2[nH]cc(C3CCN(CC(=O)NNC(=O)c4ccccc4Cl)CC3)c2c1. The molecule has 8 heteroatoms. The number of nitrogens with one attached hydrogen (secondary N) is 3. The number of ether oxygens (including phenoxy) is 1. The van der Waals surface area contributed by atoms with E-state index in [1.807, 2.05) is 12.1 Å². The van der Waals surface area contributed by atoms with Crippen molar-refractivity contribution in [3.8, 4) is 5.75 Å². The van der Waals surface area contributed by atoms with Crippen LogP contribution in [0.15, 0.2) is 48.7 Å². The maximum Gasteiger partial charge on any atom is 0.271 e. The third-order valence-corrected chi connectivity index (χ3v) is 6.08. The number of benzene rings is 2. The lowest BCUT2D eigenvalue weighted by molar-refractivity contribution is -0.123. The number of hydrogen-bond acceptors (Lipinski definition) is 4. The van der Waals surface area contributed by atoms with Gasteiger partial charge in [-0.05, 0) is 67.7 Å². The first-order chi connectivity index (χ1) is 15.0. The fraction of sp³-hybridized carbons (Fsp3) is 0.304. The molecular formula is C23H25ClN4O3. The van der Waals surface area contributed by atoms with E-state index in [0.29, 0.717) is 16.5 Å². The zero-order chi connectivity index (χ0) is 21.8. The van der Waals surface area contributed by atoms with Crippen LogP contribution in [0.2, 0.25) is 5.02 Å². The van der Waals surface area contributed by atoms with Crippen molar-refractivity contribution in [2.75, 3.05) is 26.7 Å². The van der Waals surface area contributed by atoms with Gasteiger partial charge >= 0.3 is 0 Å². The third-order valence-electron chi connectivity index (χ3n) is 5.75. The summed E-state index contributed by atoms with van der Waals surface area (Å²) in [6, 6.07) is 12.8. The molecule has 0 bridgehead atoms. The normalized spacial score (nSPS) is 15.0. The summed E-state index contributed by atoms with van der Waals surface area (Å²) < 4.78 is 5.37. The van der Waals surface area contributed by atoms with Crippen molar-refractivity contribution in [1.82, 2.24) is 20.7 Å². The lowest BCUT2D eigenvalue weighted by Gasteiger charge is -2.31. The molecule has 1 aromatic heterocycles. The number of fused-ring (bicyclic) bond motifs is 1. The standard InChI is InChI=1S/C23H25ClN4O3/c1-31-16-6-7-21-18(12-16)19(13-25-21)15-8-10-28(11-9-15)14-22(29)26-27-23(30)17-4-2-3-5-20(17)24/h2-7,12-13,15,25H,8-11,14H2,1H3,(H,26,29)(H,27,30). The number of methoxy groups -OCH3 is 1. The minimum absolute atomic E-state index is 0.233. The number of aromatic amines is 1. The number of amides is 2. The van der Waals surface area contributed by atoms with Crippen molar-refractivity contribution in [2.45, 2.75) is 18.8 Å².